The van der Waals surface area contributed by atoms with Gasteiger partial charge in [-0.25, -0.2) is 17.8 Å². The van der Waals surface area contributed by atoms with Gasteiger partial charge in [-0.15, -0.1) is 0 Å². The molecule has 3 aromatic rings. The van der Waals surface area contributed by atoms with Crippen molar-refractivity contribution >= 4 is 32.7 Å². The van der Waals surface area contributed by atoms with E-state index < -0.39 is 15.8 Å². The lowest BCUT2D eigenvalue weighted by Gasteiger charge is -2.31. The van der Waals surface area contributed by atoms with Gasteiger partial charge >= 0.3 is 5.76 Å². The molecule has 0 saturated carbocycles. The number of fused-ring (bicyclic) bond motifs is 1. The zero-order valence-electron chi connectivity index (χ0n) is 14.5. The van der Waals surface area contributed by atoms with Crippen LogP contribution >= 0.6 is 11.6 Å². The Morgan fingerprint density at radius 3 is 2.44 bits per heavy atom. The van der Waals surface area contributed by atoms with E-state index >= 15 is 0 Å². The topological polar surface area (TPSA) is 77.0 Å². The van der Waals surface area contributed by atoms with Crippen LogP contribution < -0.4 is 10.7 Å². The number of nitrogens with one attached hydrogen (secondary N) is 1. The Bertz CT molecular complexity index is 1130. The molecule has 9 heteroatoms. The van der Waals surface area contributed by atoms with Crippen molar-refractivity contribution < 1.29 is 17.7 Å². The number of hydrogen-bond donors (Lipinski definition) is 1. The van der Waals surface area contributed by atoms with Crippen LogP contribution in [0.5, 0.6) is 0 Å². The first kappa shape index (κ1) is 18.2. The maximum absolute atomic E-state index is 12.8. The molecule has 4 rings (SSSR count). The number of piperazine rings is 1. The largest absolute Gasteiger partial charge is 0.424 e. The summed E-state index contributed by atoms with van der Waals surface area (Å²) in [5.41, 5.74) is 1.31. The average Bonchev–Trinajstić information content (AvgIpc) is 2.98. The fourth-order valence-corrected chi connectivity index (χ4v) is 5.32. The van der Waals surface area contributed by atoms with Crippen LogP contribution in [0.4, 0.5) is 0 Å². The number of para-hydroxylation sites is 2. The molecular formula is C18H19ClN3O4S+. The molecule has 0 amide bonds. The van der Waals surface area contributed by atoms with Crippen molar-refractivity contribution in [2.24, 2.45) is 0 Å². The predicted octanol–water partition coefficient (Wildman–Crippen LogP) is 0.795. The van der Waals surface area contributed by atoms with Gasteiger partial charge in [-0.1, -0.05) is 35.9 Å². The smallest absolute Gasteiger partial charge is 0.408 e. The average molecular weight is 409 g/mol. The first-order valence-corrected chi connectivity index (χ1v) is 10.5. The van der Waals surface area contributed by atoms with E-state index in [1.807, 2.05) is 18.2 Å². The van der Waals surface area contributed by atoms with Gasteiger partial charge in [0.2, 0.25) is 10.0 Å². The van der Waals surface area contributed by atoms with Crippen molar-refractivity contribution in [1.82, 2.24) is 8.87 Å². The van der Waals surface area contributed by atoms with Crippen LogP contribution in [0.3, 0.4) is 0 Å². The third-order valence-corrected chi connectivity index (χ3v) is 7.24. The number of nitrogens with zero attached hydrogens (tertiary/aromatic N) is 2. The van der Waals surface area contributed by atoms with Crippen LogP contribution in [-0.2, 0) is 16.7 Å². The summed E-state index contributed by atoms with van der Waals surface area (Å²) < 4.78 is 34.0. The summed E-state index contributed by atoms with van der Waals surface area (Å²) in [4.78, 5) is 13.4. The van der Waals surface area contributed by atoms with Crippen LogP contribution in [0.25, 0.3) is 11.1 Å². The Kier molecular flexibility index (Phi) is 4.81. The number of halogens is 1. The minimum Gasteiger partial charge on any atom is -0.408 e. The maximum Gasteiger partial charge on any atom is 0.424 e. The van der Waals surface area contributed by atoms with Gasteiger partial charge in [-0.2, -0.15) is 4.31 Å². The molecule has 1 aliphatic heterocycles. The maximum atomic E-state index is 12.8. The summed E-state index contributed by atoms with van der Waals surface area (Å²) in [6.07, 6.45) is 0. The first-order valence-electron chi connectivity index (χ1n) is 8.63. The van der Waals surface area contributed by atoms with Gasteiger partial charge < -0.3 is 9.32 Å². The van der Waals surface area contributed by atoms with Gasteiger partial charge in [0, 0.05) is 0 Å². The van der Waals surface area contributed by atoms with Crippen LogP contribution in [0.15, 0.2) is 62.6 Å². The molecule has 1 aromatic heterocycles. The van der Waals surface area contributed by atoms with E-state index in [1.54, 1.807) is 28.8 Å². The van der Waals surface area contributed by atoms with Crippen LogP contribution in [-0.4, -0.2) is 43.5 Å². The molecule has 0 radical (unpaired) electrons. The summed E-state index contributed by atoms with van der Waals surface area (Å²) in [5.74, 6) is -0.394. The number of oxazole rings is 1. The standard InChI is InChI=1S/C18H18ClN3O4S/c19-14-5-1-4-8-17(14)27(24,25)21-11-9-20(10-12-21)13-22-15-6-2-3-7-16(15)26-18(22)23/h1-8H,9-13H2/p+1. The molecule has 0 aliphatic carbocycles. The second-order valence-electron chi connectivity index (χ2n) is 6.51. The summed E-state index contributed by atoms with van der Waals surface area (Å²) in [7, 11) is -3.62. The lowest BCUT2D eigenvalue weighted by Crippen LogP contribution is -3.14. The van der Waals surface area contributed by atoms with E-state index in [4.69, 9.17) is 16.0 Å². The Morgan fingerprint density at radius 2 is 1.70 bits per heavy atom. The molecule has 0 unspecified atom stereocenters. The van der Waals surface area contributed by atoms with E-state index in [0.29, 0.717) is 38.4 Å². The van der Waals surface area contributed by atoms with Crippen LogP contribution in [0.1, 0.15) is 0 Å². The van der Waals surface area contributed by atoms with Crippen molar-refractivity contribution in [1.29, 1.82) is 0 Å². The highest BCUT2D eigenvalue weighted by atomic mass is 35.5. The van der Waals surface area contributed by atoms with Gasteiger partial charge in [0.15, 0.2) is 12.3 Å². The molecule has 2 aromatic carbocycles. The third kappa shape index (κ3) is 3.41. The first-order chi connectivity index (χ1) is 13.0. The molecule has 1 saturated heterocycles. The van der Waals surface area contributed by atoms with Crippen molar-refractivity contribution in [2.75, 3.05) is 26.2 Å². The third-order valence-electron chi connectivity index (χ3n) is 4.84. The Morgan fingerprint density at radius 1 is 1.04 bits per heavy atom. The monoisotopic (exact) mass is 408 g/mol. The zero-order chi connectivity index (χ0) is 19.0. The van der Waals surface area contributed by atoms with Gasteiger partial charge in [0.25, 0.3) is 0 Å². The van der Waals surface area contributed by atoms with Gasteiger partial charge in [0.1, 0.15) is 4.90 Å². The van der Waals surface area contributed by atoms with Crippen molar-refractivity contribution in [2.45, 2.75) is 11.6 Å². The summed E-state index contributed by atoms with van der Waals surface area (Å²) >= 11 is 6.06. The fraction of sp³-hybridized carbons (Fsp3) is 0.278. The molecule has 142 valence electrons. The molecule has 7 nitrogen and oxygen atoms in total. The van der Waals surface area contributed by atoms with Crippen LogP contribution in [0, 0.1) is 0 Å². The summed E-state index contributed by atoms with van der Waals surface area (Å²) in [6.45, 7) is 2.36. The number of quaternary nitrogens is 1. The van der Waals surface area contributed by atoms with E-state index in [-0.39, 0.29) is 9.92 Å². The Hall–Kier alpha value is -2.13. The number of rotatable bonds is 4. The predicted molar refractivity (Wildman–Crippen MR) is 101 cm³/mol. The minimum atomic E-state index is -3.62. The summed E-state index contributed by atoms with van der Waals surface area (Å²) in [6, 6.07) is 13.8. The molecule has 1 aliphatic rings. The van der Waals surface area contributed by atoms with E-state index in [9.17, 15) is 13.2 Å². The summed E-state index contributed by atoms with van der Waals surface area (Å²) in [5, 5.41) is 0.226. The van der Waals surface area contributed by atoms with Gasteiger partial charge in [-0.3, -0.25) is 0 Å². The lowest BCUT2D eigenvalue weighted by molar-refractivity contribution is -0.926. The van der Waals surface area contributed by atoms with Crippen molar-refractivity contribution in [3.63, 3.8) is 0 Å². The minimum absolute atomic E-state index is 0.132. The van der Waals surface area contributed by atoms with E-state index in [0.717, 1.165) is 10.4 Å². The number of hydrogen-bond acceptors (Lipinski definition) is 4. The second-order valence-corrected chi connectivity index (χ2v) is 8.82. The SMILES string of the molecule is O=c1oc2ccccc2n1C[NH+]1CCN(S(=O)(=O)c2ccccc2Cl)CC1. The molecule has 1 fully saturated rings. The fourth-order valence-electron chi connectivity index (χ4n) is 3.38. The molecule has 0 spiro atoms. The van der Waals surface area contributed by atoms with Crippen molar-refractivity contribution in [3.05, 3.63) is 64.1 Å². The Balaban J connectivity index is 1.49. The van der Waals surface area contributed by atoms with E-state index in [2.05, 4.69) is 0 Å². The molecule has 2 heterocycles. The van der Waals surface area contributed by atoms with Gasteiger partial charge in [-0.05, 0) is 24.3 Å². The molecule has 0 bridgehead atoms. The Labute approximate surface area is 161 Å². The lowest BCUT2D eigenvalue weighted by atomic mass is 10.3. The number of aromatic nitrogens is 1. The zero-order valence-corrected chi connectivity index (χ0v) is 16.0. The van der Waals surface area contributed by atoms with Gasteiger partial charge in [0.05, 0.1) is 36.7 Å². The molecular weight excluding hydrogens is 390 g/mol. The highest BCUT2D eigenvalue weighted by Crippen LogP contribution is 2.24. The quantitative estimate of drug-likeness (QED) is 0.692. The highest BCUT2D eigenvalue weighted by molar-refractivity contribution is 7.89. The number of benzene rings is 2. The number of sulfonamides is 1. The van der Waals surface area contributed by atoms with Crippen molar-refractivity contribution in [3.8, 4) is 0 Å². The second kappa shape index (κ2) is 7.12. The molecule has 27 heavy (non-hydrogen) atoms. The highest BCUT2D eigenvalue weighted by Gasteiger charge is 2.32. The normalized spacial score (nSPS) is 16.8. The van der Waals surface area contributed by atoms with E-state index in [1.165, 1.54) is 10.4 Å². The van der Waals surface area contributed by atoms with Crippen LogP contribution in [0.2, 0.25) is 5.02 Å². The molecule has 0 atom stereocenters. The molecule has 1 N–H and O–H groups in total.